The molecule has 1 aromatic carbocycles. The minimum atomic E-state index is 0.525. The molecule has 0 aliphatic carbocycles. The van der Waals surface area contributed by atoms with E-state index in [2.05, 4.69) is 33.8 Å². The van der Waals surface area contributed by atoms with E-state index in [1.807, 2.05) is 6.92 Å². The number of nitrogen functional groups attached to an aromatic ring is 2. The van der Waals surface area contributed by atoms with Gasteiger partial charge >= 0.3 is 0 Å². The van der Waals surface area contributed by atoms with E-state index >= 15 is 0 Å². The van der Waals surface area contributed by atoms with Crippen molar-refractivity contribution in [2.24, 2.45) is 5.92 Å². The summed E-state index contributed by atoms with van der Waals surface area (Å²) in [6, 6.07) is 2.14. The zero-order chi connectivity index (χ0) is 13.9. The van der Waals surface area contributed by atoms with Crippen molar-refractivity contribution in [1.29, 1.82) is 0 Å². The first-order valence-corrected chi connectivity index (χ1v) is 7.05. The van der Waals surface area contributed by atoms with Gasteiger partial charge in [0.2, 0.25) is 0 Å². The number of rotatable bonds is 5. The largest absolute Gasteiger partial charge is 0.398 e. The Morgan fingerprint density at radius 3 is 2.28 bits per heavy atom. The van der Waals surface area contributed by atoms with Crippen LogP contribution in [0.3, 0.4) is 0 Å². The fraction of sp³-hybridized carbons (Fsp3) is 0.625. The fourth-order valence-corrected chi connectivity index (χ4v) is 2.70. The summed E-state index contributed by atoms with van der Waals surface area (Å²) in [6.45, 7) is 11.0. The average Bonchev–Trinajstić information content (AvgIpc) is 2.28. The van der Waals surface area contributed by atoms with Crippen molar-refractivity contribution in [3.8, 4) is 0 Å². The van der Waals surface area contributed by atoms with Crippen LogP contribution in [-0.4, -0.2) is 0 Å². The van der Waals surface area contributed by atoms with E-state index in [1.165, 1.54) is 17.5 Å². The minimum Gasteiger partial charge on any atom is -0.398 e. The molecule has 0 amide bonds. The van der Waals surface area contributed by atoms with Gasteiger partial charge < -0.3 is 11.5 Å². The highest BCUT2D eigenvalue weighted by Crippen LogP contribution is 2.34. The average molecular weight is 248 g/mol. The summed E-state index contributed by atoms with van der Waals surface area (Å²) < 4.78 is 0. The van der Waals surface area contributed by atoms with E-state index in [-0.39, 0.29) is 0 Å². The molecular formula is C16H28N2. The van der Waals surface area contributed by atoms with Crippen molar-refractivity contribution >= 4 is 11.4 Å². The molecular weight excluding hydrogens is 220 g/mol. The molecule has 0 aromatic heterocycles. The van der Waals surface area contributed by atoms with Crippen molar-refractivity contribution in [3.05, 3.63) is 22.8 Å². The molecule has 2 heteroatoms. The lowest BCUT2D eigenvalue weighted by molar-refractivity contribution is 0.521. The molecule has 0 saturated carbocycles. The standard InChI is InChI=1S/C16H28N2/c1-6-7-13-14(11(4)8-10(2)3)9-15(17)12(5)16(13)18/h9-11H,6-8,17-18H2,1-5H3. The van der Waals surface area contributed by atoms with Crippen LogP contribution in [0.5, 0.6) is 0 Å². The maximum atomic E-state index is 6.26. The summed E-state index contributed by atoms with van der Waals surface area (Å²) in [7, 11) is 0. The van der Waals surface area contributed by atoms with E-state index in [1.54, 1.807) is 0 Å². The third-order valence-corrected chi connectivity index (χ3v) is 3.68. The van der Waals surface area contributed by atoms with Crippen LogP contribution in [0.4, 0.5) is 11.4 Å². The van der Waals surface area contributed by atoms with Crippen molar-refractivity contribution in [2.75, 3.05) is 11.5 Å². The van der Waals surface area contributed by atoms with Gasteiger partial charge in [0, 0.05) is 11.4 Å². The normalized spacial score (nSPS) is 13.0. The van der Waals surface area contributed by atoms with Gasteiger partial charge in [-0.15, -0.1) is 0 Å². The van der Waals surface area contributed by atoms with E-state index in [0.717, 1.165) is 29.8 Å². The Kier molecular flexibility index (Phi) is 5.06. The molecule has 1 rings (SSSR count). The van der Waals surface area contributed by atoms with Gasteiger partial charge in [0.15, 0.2) is 0 Å². The lowest BCUT2D eigenvalue weighted by Crippen LogP contribution is -2.09. The summed E-state index contributed by atoms with van der Waals surface area (Å²) >= 11 is 0. The molecule has 1 aromatic rings. The zero-order valence-electron chi connectivity index (χ0n) is 12.5. The Morgan fingerprint density at radius 2 is 1.78 bits per heavy atom. The Hall–Kier alpha value is -1.18. The third-order valence-electron chi connectivity index (χ3n) is 3.68. The maximum Gasteiger partial charge on any atom is 0.0399 e. The van der Waals surface area contributed by atoms with Gasteiger partial charge in [0.1, 0.15) is 0 Å². The first-order valence-electron chi connectivity index (χ1n) is 7.05. The molecule has 0 aliphatic rings. The highest BCUT2D eigenvalue weighted by Gasteiger charge is 2.17. The van der Waals surface area contributed by atoms with Gasteiger partial charge in [-0.05, 0) is 54.4 Å². The lowest BCUT2D eigenvalue weighted by Gasteiger charge is -2.22. The number of benzene rings is 1. The Balaban J connectivity index is 3.23. The molecule has 0 aliphatic heterocycles. The van der Waals surface area contributed by atoms with Crippen LogP contribution >= 0.6 is 0 Å². The number of hydrogen-bond donors (Lipinski definition) is 2. The highest BCUT2D eigenvalue weighted by molar-refractivity contribution is 5.68. The minimum absolute atomic E-state index is 0.525. The molecule has 18 heavy (non-hydrogen) atoms. The zero-order valence-corrected chi connectivity index (χ0v) is 12.5. The first kappa shape index (κ1) is 14.9. The van der Waals surface area contributed by atoms with Crippen LogP contribution < -0.4 is 11.5 Å². The van der Waals surface area contributed by atoms with Crippen LogP contribution in [0, 0.1) is 12.8 Å². The van der Waals surface area contributed by atoms with Crippen LogP contribution in [0.2, 0.25) is 0 Å². The maximum absolute atomic E-state index is 6.26. The van der Waals surface area contributed by atoms with Gasteiger partial charge in [-0.2, -0.15) is 0 Å². The molecule has 2 nitrogen and oxygen atoms in total. The molecule has 0 saturated heterocycles. The van der Waals surface area contributed by atoms with Gasteiger partial charge in [-0.25, -0.2) is 0 Å². The molecule has 4 N–H and O–H groups in total. The number of anilines is 2. The van der Waals surface area contributed by atoms with Crippen LogP contribution in [0.25, 0.3) is 0 Å². The molecule has 1 atom stereocenters. The third kappa shape index (κ3) is 3.18. The molecule has 102 valence electrons. The van der Waals surface area contributed by atoms with E-state index in [0.29, 0.717) is 11.8 Å². The summed E-state index contributed by atoms with van der Waals surface area (Å²) in [5.41, 5.74) is 17.8. The second-order valence-electron chi connectivity index (χ2n) is 5.85. The second-order valence-corrected chi connectivity index (χ2v) is 5.85. The van der Waals surface area contributed by atoms with Crippen molar-refractivity contribution < 1.29 is 0 Å². The van der Waals surface area contributed by atoms with E-state index in [9.17, 15) is 0 Å². The monoisotopic (exact) mass is 248 g/mol. The quantitative estimate of drug-likeness (QED) is 0.765. The topological polar surface area (TPSA) is 52.0 Å². The van der Waals surface area contributed by atoms with Gasteiger partial charge in [-0.1, -0.05) is 34.1 Å². The van der Waals surface area contributed by atoms with Crippen LogP contribution in [0.15, 0.2) is 6.07 Å². The summed E-state index contributed by atoms with van der Waals surface area (Å²) in [5, 5.41) is 0. The molecule has 0 radical (unpaired) electrons. The first-order chi connectivity index (χ1) is 8.38. The number of nitrogens with two attached hydrogens (primary N) is 2. The van der Waals surface area contributed by atoms with Crippen molar-refractivity contribution in [1.82, 2.24) is 0 Å². The SMILES string of the molecule is CCCc1c(C(C)CC(C)C)cc(N)c(C)c1N. The second kappa shape index (κ2) is 6.12. The lowest BCUT2D eigenvalue weighted by atomic mass is 9.85. The van der Waals surface area contributed by atoms with Gasteiger partial charge in [-0.3, -0.25) is 0 Å². The fourth-order valence-electron chi connectivity index (χ4n) is 2.70. The van der Waals surface area contributed by atoms with Gasteiger partial charge in [0.25, 0.3) is 0 Å². The Bertz CT molecular complexity index is 408. The predicted octanol–water partition coefficient (Wildman–Crippen LogP) is 4.26. The van der Waals surface area contributed by atoms with Crippen molar-refractivity contribution in [2.45, 2.75) is 59.8 Å². The van der Waals surface area contributed by atoms with E-state index in [4.69, 9.17) is 11.5 Å². The molecule has 0 fully saturated rings. The smallest absolute Gasteiger partial charge is 0.0399 e. The summed E-state index contributed by atoms with van der Waals surface area (Å²) in [4.78, 5) is 0. The summed E-state index contributed by atoms with van der Waals surface area (Å²) in [5.74, 6) is 1.22. The Morgan fingerprint density at radius 1 is 1.17 bits per heavy atom. The van der Waals surface area contributed by atoms with Gasteiger partial charge in [0.05, 0.1) is 0 Å². The Labute approximate surface area is 112 Å². The molecule has 0 heterocycles. The number of hydrogen-bond acceptors (Lipinski definition) is 2. The van der Waals surface area contributed by atoms with Crippen molar-refractivity contribution in [3.63, 3.8) is 0 Å². The highest BCUT2D eigenvalue weighted by atomic mass is 14.6. The molecule has 0 spiro atoms. The predicted molar refractivity (Wildman–Crippen MR) is 81.9 cm³/mol. The summed E-state index contributed by atoms with van der Waals surface area (Å²) in [6.07, 6.45) is 3.35. The van der Waals surface area contributed by atoms with Crippen LogP contribution in [0.1, 0.15) is 63.1 Å². The van der Waals surface area contributed by atoms with Crippen LogP contribution in [-0.2, 0) is 6.42 Å². The molecule has 1 unspecified atom stereocenters. The van der Waals surface area contributed by atoms with E-state index < -0.39 is 0 Å². The molecule has 0 bridgehead atoms.